The van der Waals surface area contributed by atoms with Gasteiger partial charge in [0.15, 0.2) is 6.29 Å². The standard InChI is InChI=1S/C17H26OS2Si3/c1-21(2,3)16-13-12-9-11(10-18)19-15(12)23(7,8)14(13)17(20-16)22(4,5)6/h9-10H,1-8H3. The Kier molecular flexibility index (Phi) is 3.90. The first-order valence-electron chi connectivity index (χ1n) is 8.17. The molecule has 0 fully saturated rings. The van der Waals surface area contributed by atoms with E-state index in [1.807, 2.05) is 0 Å². The molecule has 124 valence electrons. The van der Waals surface area contributed by atoms with Crippen LogP contribution in [0.3, 0.4) is 0 Å². The van der Waals surface area contributed by atoms with Gasteiger partial charge in [-0.1, -0.05) is 52.4 Å². The molecule has 2 aromatic heterocycles. The first kappa shape index (κ1) is 17.5. The molecule has 1 aliphatic heterocycles. The Morgan fingerprint density at radius 2 is 1.52 bits per heavy atom. The van der Waals surface area contributed by atoms with Crippen LogP contribution in [0.25, 0.3) is 11.1 Å². The zero-order chi connectivity index (χ0) is 17.4. The summed E-state index contributed by atoms with van der Waals surface area (Å²) in [6, 6.07) is 2.18. The SMILES string of the molecule is C[Si](C)(C)c1sc([Si](C)(C)C)c2c1-c1cc(C=O)sc1[Si]2(C)C. The largest absolute Gasteiger partial charge is 0.297 e. The van der Waals surface area contributed by atoms with E-state index in [-0.39, 0.29) is 0 Å². The Balaban J connectivity index is 2.43. The fourth-order valence-electron chi connectivity index (χ4n) is 3.57. The molecule has 6 heteroatoms. The number of carbonyl (C=O) groups excluding carboxylic acids is 1. The molecule has 0 radical (unpaired) electrons. The van der Waals surface area contributed by atoms with Crippen molar-refractivity contribution in [1.29, 1.82) is 0 Å². The highest BCUT2D eigenvalue weighted by Gasteiger charge is 2.47. The normalized spacial score (nSPS) is 16.3. The van der Waals surface area contributed by atoms with Crippen molar-refractivity contribution in [1.82, 2.24) is 0 Å². The van der Waals surface area contributed by atoms with Gasteiger partial charge in [-0.25, -0.2) is 0 Å². The van der Waals surface area contributed by atoms with Crippen LogP contribution >= 0.6 is 22.7 Å². The highest BCUT2D eigenvalue weighted by molar-refractivity contribution is 7.41. The summed E-state index contributed by atoms with van der Waals surface area (Å²) in [5.41, 5.74) is 2.99. The average Bonchev–Trinajstić information content (AvgIpc) is 3.02. The number of thiophene rings is 2. The molecule has 3 rings (SSSR count). The molecular formula is C17H26OS2Si3. The number of hydrogen-bond acceptors (Lipinski definition) is 3. The highest BCUT2D eigenvalue weighted by Crippen LogP contribution is 2.35. The van der Waals surface area contributed by atoms with Crippen LogP contribution in [0.1, 0.15) is 9.67 Å². The summed E-state index contributed by atoms with van der Waals surface area (Å²) in [5.74, 6) is 0. The van der Waals surface area contributed by atoms with Crippen molar-refractivity contribution in [2.75, 3.05) is 0 Å². The minimum Gasteiger partial charge on any atom is -0.297 e. The molecule has 2 aromatic rings. The average molecular weight is 395 g/mol. The fraction of sp³-hybridized carbons (Fsp3) is 0.471. The van der Waals surface area contributed by atoms with Crippen molar-refractivity contribution >= 4 is 71.9 Å². The van der Waals surface area contributed by atoms with E-state index in [0.717, 1.165) is 11.2 Å². The van der Waals surface area contributed by atoms with Gasteiger partial charge in [0.1, 0.15) is 8.07 Å². The molecule has 23 heavy (non-hydrogen) atoms. The predicted molar refractivity (Wildman–Crippen MR) is 116 cm³/mol. The zero-order valence-electron chi connectivity index (χ0n) is 15.4. The maximum atomic E-state index is 11.3. The summed E-state index contributed by atoms with van der Waals surface area (Å²) >= 11 is 3.89. The third-order valence-electron chi connectivity index (χ3n) is 4.60. The van der Waals surface area contributed by atoms with Crippen molar-refractivity contribution < 1.29 is 4.79 Å². The van der Waals surface area contributed by atoms with Gasteiger partial charge in [-0.15, -0.1) is 11.3 Å². The lowest BCUT2D eigenvalue weighted by atomic mass is 10.2. The van der Waals surface area contributed by atoms with Crippen molar-refractivity contribution in [3.8, 4) is 11.1 Å². The van der Waals surface area contributed by atoms with Crippen molar-refractivity contribution in [2.24, 2.45) is 0 Å². The molecule has 0 N–H and O–H groups in total. The van der Waals surface area contributed by atoms with Gasteiger partial charge in [0.25, 0.3) is 0 Å². The third-order valence-corrected chi connectivity index (χ3v) is 19.2. The molecule has 0 aliphatic carbocycles. The predicted octanol–water partition coefficient (Wildman–Crippen LogP) is 3.52. The lowest BCUT2D eigenvalue weighted by molar-refractivity contribution is 0.112. The van der Waals surface area contributed by atoms with Gasteiger partial charge in [0.05, 0.1) is 21.0 Å². The van der Waals surface area contributed by atoms with Crippen molar-refractivity contribution in [3.63, 3.8) is 0 Å². The Bertz CT molecular complexity index is 801. The van der Waals surface area contributed by atoms with E-state index < -0.39 is 24.2 Å². The van der Waals surface area contributed by atoms with Gasteiger partial charge in [0, 0.05) is 4.50 Å². The topological polar surface area (TPSA) is 17.1 Å². The minimum atomic E-state index is -1.66. The van der Waals surface area contributed by atoms with Crippen LogP contribution in [0, 0.1) is 0 Å². The van der Waals surface area contributed by atoms with Gasteiger partial charge in [-0.05, 0) is 31.4 Å². The fourth-order valence-corrected chi connectivity index (χ4v) is 17.7. The molecule has 0 unspecified atom stereocenters. The van der Waals surface area contributed by atoms with E-state index >= 15 is 0 Å². The van der Waals surface area contributed by atoms with Crippen LogP contribution in [0.5, 0.6) is 0 Å². The zero-order valence-corrected chi connectivity index (χ0v) is 20.0. The van der Waals surface area contributed by atoms with Crippen LogP contribution in [-0.2, 0) is 0 Å². The van der Waals surface area contributed by atoms with Crippen molar-refractivity contribution in [2.45, 2.75) is 52.4 Å². The Labute approximate surface area is 150 Å². The number of rotatable bonds is 3. The molecule has 3 heterocycles. The summed E-state index contributed by atoms with van der Waals surface area (Å²) in [4.78, 5) is 12.2. The molecule has 0 atom stereocenters. The van der Waals surface area contributed by atoms with Crippen LogP contribution in [0.2, 0.25) is 52.4 Å². The monoisotopic (exact) mass is 394 g/mol. The van der Waals surface area contributed by atoms with Gasteiger partial charge in [0.2, 0.25) is 0 Å². The summed E-state index contributed by atoms with van der Waals surface area (Å²) in [6.07, 6.45) is 1.03. The molecule has 0 amide bonds. The second kappa shape index (κ2) is 5.11. The Morgan fingerprint density at radius 1 is 0.957 bits per heavy atom. The number of carbonyl (C=O) groups is 1. The van der Waals surface area contributed by atoms with Crippen molar-refractivity contribution in [3.05, 3.63) is 10.9 Å². The molecule has 0 spiro atoms. The molecule has 0 aromatic carbocycles. The lowest BCUT2D eigenvalue weighted by Crippen LogP contribution is -2.58. The van der Waals surface area contributed by atoms with E-state index in [1.165, 1.54) is 10.1 Å². The summed E-state index contributed by atoms with van der Waals surface area (Å²) in [6.45, 7) is 19.8. The second-order valence-electron chi connectivity index (χ2n) is 9.14. The quantitative estimate of drug-likeness (QED) is 0.575. The molecule has 1 nitrogen and oxygen atoms in total. The number of fused-ring (bicyclic) bond motifs is 3. The molecule has 0 saturated carbocycles. The van der Waals surface area contributed by atoms with E-state index in [9.17, 15) is 4.79 Å². The second-order valence-corrected chi connectivity index (χ2v) is 26.6. The number of aldehydes is 1. The van der Waals surface area contributed by atoms with Gasteiger partial charge in [-0.3, -0.25) is 4.79 Å². The smallest absolute Gasteiger partial charge is 0.160 e. The minimum absolute atomic E-state index is 0.906. The number of hydrogen-bond donors (Lipinski definition) is 0. The van der Waals surface area contributed by atoms with Crippen LogP contribution in [0.15, 0.2) is 6.07 Å². The molecule has 0 bridgehead atoms. The van der Waals surface area contributed by atoms with Crippen LogP contribution in [-0.4, -0.2) is 30.5 Å². The third kappa shape index (κ3) is 2.54. The first-order chi connectivity index (χ1) is 10.4. The van der Waals surface area contributed by atoms with E-state index in [2.05, 4.69) is 69.8 Å². The summed E-state index contributed by atoms with van der Waals surface area (Å²) in [5, 5.41) is 1.73. The van der Waals surface area contributed by atoms with E-state index in [4.69, 9.17) is 0 Å². The maximum absolute atomic E-state index is 11.3. The lowest BCUT2D eigenvalue weighted by Gasteiger charge is -2.24. The van der Waals surface area contributed by atoms with Gasteiger partial charge < -0.3 is 0 Å². The summed E-state index contributed by atoms with van der Waals surface area (Å²) in [7, 11) is -4.42. The van der Waals surface area contributed by atoms with E-state index in [0.29, 0.717) is 0 Å². The van der Waals surface area contributed by atoms with Crippen LogP contribution in [0.4, 0.5) is 0 Å². The highest BCUT2D eigenvalue weighted by atomic mass is 32.1. The molecule has 0 saturated heterocycles. The Morgan fingerprint density at radius 3 is 2.00 bits per heavy atom. The molecule has 1 aliphatic rings. The summed E-state index contributed by atoms with van der Waals surface area (Å²) < 4.78 is 4.94. The van der Waals surface area contributed by atoms with Crippen LogP contribution < -0.4 is 18.7 Å². The molecular weight excluding hydrogens is 369 g/mol. The van der Waals surface area contributed by atoms with Gasteiger partial charge >= 0.3 is 0 Å². The van der Waals surface area contributed by atoms with E-state index in [1.54, 1.807) is 31.1 Å². The first-order valence-corrected chi connectivity index (χ1v) is 19.8. The van der Waals surface area contributed by atoms with Gasteiger partial charge in [-0.2, -0.15) is 11.3 Å². The maximum Gasteiger partial charge on any atom is 0.160 e. The Hall–Kier alpha value is -0.279.